The van der Waals surface area contributed by atoms with Crippen LogP contribution >= 0.6 is 0 Å². The zero-order valence-corrected chi connectivity index (χ0v) is 17.0. The Kier molecular flexibility index (Phi) is 6.16. The third-order valence-corrected chi connectivity index (χ3v) is 7.25. The Morgan fingerprint density at radius 1 is 1.21 bits per heavy atom. The summed E-state index contributed by atoms with van der Waals surface area (Å²) in [7, 11) is -1.63. The molecule has 2 aromatic carbocycles. The minimum Gasteiger partial charge on any atom is -0.395 e. The number of aliphatic hydroxyl groups excluding tert-OH is 1. The number of rotatable bonds is 6. The fourth-order valence-electron chi connectivity index (χ4n) is 3.57. The molecule has 1 aliphatic rings. The molecule has 0 aliphatic carbocycles. The molecular weight excluding hydrogens is 374 g/mol. The molecule has 0 amide bonds. The van der Waals surface area contributed by atoms with Gasteiger partial charge in [-0.3, -0.25) is 4.90 Å². The third-order valence-electron chi connectivity index (χ3n) is 5.37. The van der Waals surface area contributed by atoms with E-state index in [1.165, 1.54) is 4.31 Å². The first-order valence-electron chi connectivity index (χ1n) is 9.29. The first-order chi connectivity index (χ1) is 13.4. The van der Waals surface area contributed by atoms with Crippen molar-refractivity contribution in [1.29, 1.82) is 5.26 Å². The minimum absolute atomic E-state index is 0.0655. The van der Waals surface area contributed by atoms with Crippen molar-refractivity contribution in [2.45, 2.75) is 24.3 Å². The van der Waals surface area contributed by atoms with Gasteiger partial charge in [0.1, 0.15) is 0 Å². The van der Waals surface area contributed by atoms with E-state index in [0.29, 0.717) is 25.2 Å². The highest BCUT2D eigenvalue weighted by molar-refractivity contribution is 7.89. The van der Waals surface area contributed by atoms with Crippen LogP contribution in [-0.2, 0) is 10.0 Å². The van der Waals surface area contributed by atoms with Crippen LogP contribution in [0.25, 0.3) is 11.1 Å². The monoisotopic (exact) mass is 399 g/mol. The van der Waals surface area contributed by atoms with E-state index in [1.807, 2.05) is 31.0 Å². The number of likely N-dealkylation sites (N-methyl/N-ethyl adjacent to an activating group) is 1. The van der Waals surface area contributed by atoms with E-state index in [1.54, 1.807) is 30.3 Å². The molecule has 0 aromatic heterocycles. The average Bonchev–Trinajstić information content (AvgIpc) is 3.19. The average molecular weight is 400 g/mol. The van der Waals surface area contributed by atoms with Crippen LogP contribution in [0.2, 0.25) is 0 Å². The van der Waals surface area contributed by atoms with E-state index in [-0.39, 0.29) is 17.5 Å². The van der Waals surface area contributed by atoms with Gasteiger partial charge in [-0.2, -0.15) is 9.57 Å². The summed E-state index contributed by atoms with van der Waals surface area (Å²) in [6.07, 6.45) is 0.762. The molecule has 148 valence electrons. The second-order valence-electron chi connectivity index (χ2n) is 7.18. The van der Waals surface area contributed by atoms with Crippen molar-refractivity contribution in [3.63, 3.8) is 0 Å². The van der Waals surface area contributed by atoms with Crippen molar-refractivity contribution in [3.05, 3.63) is 53.6 Å². The molecule has 28 heavy (non-hydrogen) atoms. The summed E-state index contributed by atoms with van der Waals surface area (Å²) in [4.78, 5) is 2.29. The number of nitriles is 1. The van der Waals surface area contributed by atoms with Crippen molar-refractivity contribution in [3.8, 4) is 17.2 Å². The number of hydrogen-bond donors (Lipinski definition) is 1. The van der Waals surface area contributed by atoms with E-state index in [4.69, 9.17) is 10.4 Å². The molecule has 3 rings (SSSR count). The normalized spacial score (nSPS) is 17.8. The Balaban J connectivity index is 1.77. The molecule has 1 unspecified atom stereocenters. The predicted octanol–water partition coefficient (Wildman–Crippen LogP) is 2.22. The second kappa shape index (κ2) is 8.41. The Morgan fingerprint density at radius 2 is 1.89 bits per heavy atom. The number of hydrogen-bond acceptors (Lipinski definition) is 5. The Morgan fingerprint density at radius 3 is 2.50 bits per heavy atom. The molecule has 1 aliphatic heterocycles. The summed E-state index contributed by atoms with van der Waals surface area (Å²) in [5, 5.41) is 18.1. The van der Waals surface area contributed by atoms with Gasteiger partial charge in [0.2, 0.25) is 10.0 Å². The van der Waals surface area contributed by atoms with Crippen LogP contribution < -0.4 is 0 Å². The molecule has 1 saturated heterocycles. The molecular formula is C21H25N3O3S. The van der Waals surface area contributed by atoms with Crippen molar-refractivity contribution < 1.29 is 13.5 Å². The van der Waals surface area contributed by atoms with E-state index in [9.17, 15) is 8.42 Å². The minimum atomic E-state index is -3.54. The van der Waals surface area contributed by atoms with Crippen LogP contribution in [0.1, 0.15) is 17.5 Å². The summed E-state index contributed by atoms with van der Waals surface area (Å²) < 4.78 is 27.5. The van der Waals surface area contributed by atoms with Crippen molar-refractivity contribution in [2.75, 3.05) is 33.3 Å². The van der Waals surface area contributed by atoms with Gasteiger partial charge in [-0.25, -0.2) is 8.42 Å². The SMILES string of the molecule is Cc1cc(-c2ccc(S(=O)(=O)N3CCC(N(C)CCO)C3)cc2)ccc1C#N. The molecule has 6 nitrogen and oxygen atoms in total. The van der Waals surface area contributed by atoms with E-state index < -0.39 is 10.0 Å². The Labute approximate surface area is 166 Å². The quantitative estimate of drug-likeness (QED) is 0.805. The van der Waals surface area contributed by atoms with Gasteiger partial charge in [-0.15, -0.1) is 0 Å². The third kappa shape index (κ3) is 4.10. The first kappa shape index (κ1) is 20.5. The molecule has 1 heterocycles. The van der Waals surface area contributed by atoms with Crippen LogP contribution in [0.4, 0.5) is 0 Å². The van der Waals surface area contributed by atoms with Crippen molar-refractivity contribution in [2.24, 2.45) is 0 Å². The van der Waals surface area contributed by atoms with Gasteiger partial charge < -0.3 is 5.11 Å². The largest absolute Gasteiger partial charge is 0.395 e. The highest BCUT2D eigenvalue weighted by Gasteiger charge is 2.34. The summed E-state index contributed by atoms with van der Waals surface area (Å²) in [6.45, 7) is 3.42. The van der Waals surface area contributed by atoms with E-state index >= 15 is 0 Å². The lowest BCUT2D eigenvalue weighted by Gasteiger charge is -2.23. The molecule has 0 bridgehead atoms. The van der Waals surface area contributed by atoms with Gasteiger partial charge in [0.05, 0.1) is 23.1 Å². The Bertz CT molecular complexity index is 981. The molecule has 0 spiro atoms. The highest BCUT2D eigenvalue weighted by atomic mass is 32.2. The number of nitrogens with zero attached hydrogens (tertiary/aromatic N) is 3. The maximum atomic E-state index is 13.0. The maximum Gasteiger partial charge on any atom is 0.243 e. The zero-order chi connectivity index (χ0) is 20.3. The lowest BCUT2D eigenvalue weighted by Crippen LogP contribution is -2.37. The van der Waals surface area contributed by atoms with Crippen molar-refractivity contribution in [1.82, 2.24) is 9.21 Å². The Hall–Kier alpha value is -2.24. The highest BCUT2D eigenvalue weighted by Crippen LogP contribution is 2.27. The van der Waals surface area contributed by atoms with Gasteiger partial charge in [-0.1, -0.05) is 24.3 Å². The molecule has 0 saturated carbocycles. The number of aliphatic hydroxyl groups is 1. The predicted molar refractivity (Wildman–Crippen MR) is 108 cm³/mol. The van der Waals surface area contributed by atoms with Crippen LogP contribution in [0.15, 0.2) is 47.4 Å². The van der Waals surface area contributed by atoms with Gasteiger partial charge >= 0.3 is 0 Å². The summed E-state index contributed by atoms with van der Waals surface area (Å²) in [5.41, 5.74) is 3.39. The maximum absolute atomic E-state index is 13.0. The van der Waals surface area contributed by atoms with E-state index in [2.05, 4.69) is 6.07 Å². The lowest BCUT2D eigenvalue weighted by molar-refractivity contribution is 0.184. The summed E-state index contributed by atoms with van der Waals surface area (Å²) in [5.74, 6) is 0. The molecule has 1 fully saturated rings. The smallest absolute Gasteiger partial charge is 0.243 e. The van der Waals surface area contributed by atoms with Gasteiger partial charge in [0.15, 0.2) is 0 Å². The van der Waals surface area contributed by atoms with Crippen LogP contribution in [0.5, 0.6) is 0 Å². The van der Waals surface area contributed by atoms with Crippen molar-refractivity contribution >= 4 is 10.0 Å². The molecule has 7 heteroatoms. The van der Waals surface area contributed by atoms with Gasteiger partial charge in [0, 0.05) is 25.7 Å². The standard InChI is InChI=1S/C21H25N3O3S/c1-16-13-18(3-4-19(16)14-22)17-5-7-21(8-6-17)28(26,27)24-10-9-20(15-24)23(2)11-12-25/h3-8,13,20,25H,9-12,15H2,1-2H3. The number of benzene rings is 2. The molecule has 1 N–H and O–H groups in total. The lowest BCUT2D eigenvalue weighted by atomic mass is 10.0. The van der Waals surface area contributed by atoms with Crippen LogP contribution in [0, 0.1) is 18.3 Å². The number of aryl methyl sites for hydroxylation is 1. The molecule has 0 radical (unpaired) electrons. The summed E-state index contributed by atoms with van der Waals surface area (Å²) >= 11 is 0. The second-order valence-corrected chi connectivity index (χ2v) is 9.11. The van der Waals surface area contributed by atoms with E-state index in [0.717, 1.165) is 23.1 Å². The first-order valence-corrected chi connectivity index (χ1v) is 10.7. The fraction of sp³-hybridized carbons (Fsp3) is 0.381. The van der Waals surface area contributed by atoms with Crippen LogP contribution in [-0.4, -0.2) is 62.1 Å². The molecule has 2 aromatic rings. The van der Waals surface area contributed by atoms with Gasteiger partial charge in [0.25, 0.3) is 0 Å². The number of sulfonamides is 1. The topological polar surface area (TPSA) is 84.6 Å². The molecule has 1 atom stereocenters. The summed E-state index contributed by atoms with van der Waals surface area (Å²) in [6, 6.07) is 14.8. The van der Waals surface area contributed by atoms with Crippen LogP contribution in [0.3, 0.4) is 0 Å². The fourth-order valence-corrected chi connectivity index (χ4v) is 5.06. The zero-order valence-electron chi connectivity index (χ0n) is 16.2. The van der Waals surface area contributed by atoms with Gasteiger partial charge in [-0.05, 0) is 55.3 Å².